The summed E-state index contributed by atoms with van der Waals surface area (Å²) in [7, 11) is 1.64. The Morgan fingerprint density at radius 3 is 2.56 bits per heavy atom. The minimum Gasteiger partial charge on any atom is -0.497 e. The fraction of sp³-hybridized carbons (Fsp3) is 0.286. The second-order valence-corrected chi connectivity index (χ2v) is 7.81. The second kappa shape index (κ2) is 10.1. The van der Waals surface area contributed by atoms with Gasteiger partial charge in [-0.1, -0.05) is 10.6 Å². The summed E-state index contributed by atoms with van der Waals surface area (Å²) in [6.45, 7) is 2.80. The molecule has 0 bridgehead atoms. The number of nitrogens with zero attached hydrogens (tertiary/aromatic N) is 5. The van der Waals surface area contributed by atoms with Crippen LogP contribution in [0.4, 0.5) is 15.5 Å². The first-order valence-corrected chi connectivity index (χ1v) is 10.9. The standard InChI is InChI=1S/C21H23N7O3S/c1-31-17-7-5-16(6-8-17)27-10-12-28(13-11-27)21(30)24-20-18(25-26-32-20)19(29)23-14-15-4-2-3-9-22-15/h2-9H,10-14H2,1H3,(H,23,29)(H,24,30). The van der Waals surface area contributed by atoms with Gasteiger partial charge in [0.1, 0.15) is 5.75 Å². The first-order chi connectivity index (χ1) is 15.6. The van der Waals surface area contributed by atoms with Crippen molar-refractivity contribution in [3.63, 3.8) is 0 Å². The number of urea groups is 1. The van der Waals surface area contributed by atoms with Crippen molar-refractivity contribution in [3.05, 3.63) is 60.0 Å². The number of rotatable bonds is 6. The summed E-state index contributed by atoms with van der Waals surface area (Å²) in [5.41, 5.74) is 1.91. The third-order valence-corrected chi connectivity index (χ3v) is 5.73. The van der Waals surface area contributed by atoms with Crippen LogP contribution in [0.2, 0.25) is 0 Å². The molecule has 3 amide bonds. The van der Waals surface area contributed by atoms with Crippen molar-refractivity contribution in [1.82, 2.24) is 24.8 Å². The second-order valence-electron chi connectivity index (χ2n) is 7.06. The van der Waals surface area contributed by atoms with Crippen LogP contribution in [0, 0.1) is 0 Å². The van der Waals surface area contributed by atoms with Crippen LogP contribution in [0.25, 0.3) is 0 Å². The maximum absolute atomic E-state index is 12.7. The molecule has 2 N–H and O–H groups in total. The number of anilines is 2. The van der Waals surface area contributed by atoms with Crippen LogP contribution >= 0.6 is 11.5 Å². The summed E-state index contributed by atoms with van der Waals surface area (Å²) in [6, 6.07) is 13.1. The molecule has 32 heavy (non-hydrogen) atoms. The van der Waals surface area contributed by atoms with E-state index in [4.69, 9.17) is 4.74 Å². The number of nitrogens with one attached hydrogen (secondary N) is 2. The van der Waals surface area contributed by atoms with Gasteiger partial charge in [0.2, 0.25) is 0 Å². The monoisotopic (exact) mass is 453 g/mol. The molecule has 0 radical (unpaired) electrons. The minimum atomic E-state index is -0.413. The molecule has 1 aliphatic heterocycles. The molecule has 4 rings (SSSR count). The van der Waals surface area contributed by atoms with Crippen LogP contribution < -0.4 is 20.3 Å². The lowest BCUT2D eigenvalue weighted by Crippen LogP contribution is -2.50. The molecule has 1 aromatic carbocycles. The number of methoxy groups -OCH3 is 1. The maximum atomic E-state index is 12.7. The Hall–Kier alpha value is -3.73. The lowest BCUT2D eigenvalue weighted by molar-refractivity contribution is 0.0946. The molecule has 1 saturated heterocycles. The van der Waals surface area contributed by atoms with Crippen LogP contribution in [-0.4, -0.2) is 64.7 Å². The van der Waals surface area contributed by atoms with Gasteiger partial charge < -0.3 is 19.9 Å². The molecule has 0 spiro atoms. The predicted molar refractivity (Wildman–Crippen MR) is 121 cm³/mol. The number of carbonyl (C=O) groups is 2. The van der Waals surface area contributed by atoms with E-state index >= 15 is 0 Å². The van der Waals surface area contributed by atoms with Crippen molar-refractivity contribution in [2.24, 2.45) is 0 Å². The van der Waals surface area contributed by atoms with E-state index in [1.165, 1.54) is 0 Å². The van der Waals surface area contributed by atoms with Crippen LogP contribution in [0.15, 0.2) is 48.7 Å². The molecular weight excluding hydrogens is 430 g/mol. The van der Waals surface area contributed by atoms with E-state index in [1.807, 2.05) is 36.4 Å². The molecule has 10 nitrogen and oxygen atoms in total. The summed E-state index contributed by atoms with van der Waals surface area (Å²) in [4.78, 5) is 33.3. The first kappa shape index (κ1) is 21.5. The number of hydrogen-bond acceptors (Lipinski definition) is 8. The molecule has 3 heterocycles. The molecule has 0 saturated carbocycles. The molecule has 1 aliphatic rings. The molecule has 11 heteroatoms. The molecule has 1 fully saturated rings. The predicted octanol–water partition coefficient (Wildman–Crippen LogP) is 2.23. The number of ether oxygens (including phenoxy) is 1. The molecule has 2 aromatic heterocycles. The van der Waals surface area contributed by atoms with Gasteiger partial charge in [-0.2, -0.15) is 0 Å². The number of amides is 3. The number of pyridine rings is 1. The summed E-state index contributed by atoms with van der Waals surface area (Å²) in [6.07, 6.45) is 1.66. The largest absolute Gasteiger partial charge is 0.497 e. The molecular formula is C21H23N7O3S. The van der Waals surface area contributed by atoms with Gasteiger partial charge in [0.25, 0.3) is 5.91 Å². The highest BCUT2D eigenvalue weighted by Gasteiger charge is 2.24. The van der Waals surface area contributed by atoms with E-state index in [2.05, 4.69) is 30.1 Å². The van der Waals surface area contributed by atoms with Gasteiger partial charge in [-0.25, -0.2) is 4.79 Å². The van der Waals surface area contributed by atoms with Crippen molar-refractivity contribution in [1.29, 1.82) is 0 Å². The Labute approximate surface area is 189 Å². The highest BCUT2D eigenvalue weighted by molar-refractivity contribution is 7.10. The average Bonchev–Trinajstić information content (AvgIpc) is 3.31. The van der Waals surface area contributed by atoms with E-state index in [9.17, 15) is 9.59 Å². The molecule has 0 atom stereocenters. The highest BCUT2D eigenvalue weighted by Crippen LogP contribution is 2.22. The molecule has 3 aromatic rings. The van der Waals surface area contributed by atoms with Gasteiger partial charge in [-0.3, -0.25) is 15.1 Å². The first-order valence-electron chi connectivity index (χ1n) is 10.1. The zero-order chi connectivity index (χ0) is 22.3. The number of piperazine rings is 1. The Bertz CT molecular complexity index is 1050. The average molecular weight is 454 g/mol. The van der Waals surface area contributed by atoms with Crippen LogP contribution in [0.5, 0.6) is 5.75 Å². The SMILES string of the molecule is COc1ccc(N2CCN(C(=O)Nc3snnc3C(=O)NCc3ccccn3)CC2)cc1. The molecule has 166 valence electrons. The van der Waals surface area contributed by atoms with E-state index in [1.54, 1.807) is 24.3 Å². The lowest BCUT2D eigenvalue weighted by atomic mass is 10.2. The Morgan fingerprint density at radius 1 is 1.09 bits per heavy atom. The Balaban J connectivity index is 1.30. The smallest absolute Gasteiger partial charge is 0.322 e. The summed E-state index contributed by atoms with van der Waals surface area (Å²) < 4.78 is 9.02. The molecule has 0 aliphatic carbocycles. The zero-order valence-corrected chi connectivity index (χ0v) is 18.3. The van der Waals surface area contributed by atoms with E-state index in [0.717, 1.165) is 28.7 Å². The van der Waals surface area contributed by atoms with E-state index in [0.29, 0.717) is 31.2 Å². The highest BCUT2D eigenvalue weighted by atomic mass is 32.1. The summed E-state index contributed by atoms with van der Waals surface area (Å²) in [5.74, 6) is 0.397. The van der Waals surface area contributed by atoms with Crippen LogP contribution in [-0.2, 0) is 6.54 Å². The maximum Gasteiger partial charge on any atom is 0.322 e. The normalized spacial score (nSPS) is 13.5. The van der Waals surface area contributed by atoms with Crippen molar-refractivity contribution in [2.45, 2.75) is 6.54 Å². The van der Waals surface area contributed by atoms with Gasteiger partial charge in [0, 0.05) is 49.6 Å². The van der Waals surface area contributed by atoms with E-state index in [-0.39, 0.29) is 18.3 Å². The summed E-state index contributed by atoms with van der Waals surface area (Å²) >= 11 is 0.974. The number of aromatic nitrogens is 3. The fourth-order valence-corrected chi connectivity index (χ4v) is 3.87. The van der Waals surface area contributed by atoms with Crippen LogP contribution in [0.3, 0.4) is 0 Å². The summed E-state index contributed by atoms with van der Waals surface area (Å²) in [5, 5.41) is 9.73. The number of benzene rings is 1. The van der Waals surface area contributed by atoms with Gasteiger partial charge in [-0.15, -0.1) is 5.10 Å². The number of hydrogen-bond donors (Lipinski definition) is 2. The topological polar surface area (TPSA) is 113 Å². The zero-order valence-electron chi connectivity index (χ0n) is 17.5. The van der Waals surface area contributed by atoms with Crippen molar-refractivity contribution in [2.75, 3.05) is 43.5 Å². The quantitative estimate of drug-likeness (QED) is 0.588. The third-order valence-electron chi connectivity index (χ3n) is 5.08. The van der Waals surface area contributed by atoms with Crippen molar-refractivity contribution in [3.8, 4) is 5.75 Å². The van der Waals surface area contributed by atoms with Gasteiger partial charge in [0.15, 0.2) is 10.7 Å². The van der Waals surface area contributed by atoms with Gasteiger partial charge in [-0.05, 0) is 36.4 Å². The van der Waals surface area contributed by atoms with E-state index < -0.39 is 5.91 Å². The third kappa shape index (κ3) is 5.11. The minimum absolute atomic E-state index is 0.0937. The van der Waals surface area contributed by atoms with Crippen LogP contribution in [0.1, 0.15) is 16.2 Å². The lowest BCUT2D eigenvalue weighted by Gasteiger charge is -2.36. The molecule has 0 unspecified atom stereocenters. The van der Waals surface area contributed by atoms with Crippen molar-refractivity contribution < 1.29 is 14.3 Å². The van der Waals surface area contributed by atoms with Gasteiger partial charge >= 0.3 is 6.03 Å². The Morgan fingerprint density at radius 2 is 1.88 bits per heavy atom. The van der Waals surface area contributed by atoms with Gasteiger partial charge in [0.05, 0.1) is 19.3 Å². The number of carbonyl (C=O) groups excluding carboxylic acids is 2. The fourth-order valence-electron chi connectivity index (χ4n) is 3.32. The van der Waals surface area contributed by atoms with Crippen molar-refractivity contribution >= 4 is 34.2 Å². The Kier molecular flexibility index (Phi) is 6.75.